The highest BCUT2D eigenvalue weighted by Crippen LogP contribution is 2.35. The average molecular weight is 737 g/mol. The van der Waals surface area contributed by atoms with Gasteiger partial charge in [0.1, 0.15) is 42.3 Å². The van der Waals surface area contributed by atoms with Crippen LogP contribution in [0.2, 0.25) is 5.02 Å². The number of imidazole rings is 1. The highest BCUT2D eigenvalue weighted by molar-refractivity contribution is 7.90. The number of anilines is 2. The first-order valence-corrected chi connectivity index (χ1v) is 18.0. The van der Waals surface area contributed by atoms with E-state index >= 15 is 0 Å². The van der Waals surface area contributed by atoms with E-state index in [1.165, 1.54) is 24.2 Å². The van der Waals surface area contributed by atoms with Crippen molar-refractivity contribution in [2.45, 2.75) is 37.8 Å². The van der Waals surface area contributed by atoms with Gasteiger partial charge in [-0.1, -0.05) is 24.4 Å². The minimum Gasteiger partial charge on any atom is -0.463 e. The quantitative estimate of drug-likeness (QED) is 0.142. The van der Waals surface area contributed by atoms with Crippen molar-refractivity contribution in [1.82, 2.24) is 35.5 Å². The molecule has 17 nitrogen and oxygen atoms in total. The summed E-state index contributed by atoms with van der Waals surface area (Å²) in [6.45, 7) is -0.331. The summed E-state index contributed by atoms with van der Waals surface area (Å²) in [4.78, 5) is 46.3. The summed E-state index contributed by atoms with van der Waals surface area (Å²) in [7, 11) is -2.17. The third kappa shape index (κ3) is 9.67. The fourth-order valence-electron chi connectivity index (χ4n) is 5.28. The molecular formula is C32H33ClN10O7S. The molecule has 2 aromatic heterocycles. The second-order valence-corrected chi connectivity index (χ2v) is 14.2. The van der Waals surface area contributed by atoms with Crippen molar-refractivity contribution in [2.75, 3.05) is 36.4 Å². The smallest absolute Gasteiger partial charge is 0.411 e. The molecule has 0 unspecified atom stereocenters. The van der Waals surface area contributed by atoms with Gasteiger partial charge in [-0.2, -0.15) is 9.94 Å². The second-order valence-electron chi connectivity index (χ2n) is 11.5. The van der Waals surface area contributed by atoms with E-state index in [2.05, 4.69) is 42.5 Å². The van der Waals surface area contributed by atoms with Crippen molar-refractivity contribution in [3.8, 4) is 23.0 Å². The summed E-state index contributed by atoms with van der Waals surface area (Å²) in [5.74, 6) is -1.16. The molecule has 2 atom stereocenters. The van der Waals surface area contributed by atoms with Crippen LogP contribution in [-0.4, -0.2) is 88.3 Å². The van der Waals surface area contributed by atoms with Gasteiger partial charge in [0.25, 0.3) is 0 Å². The molecule has 0 saturated heterocycles. The Kier molecular flexibility index (Phi) is 11.6. The molecule has 1 aliphatic heterocycles. The van der Waals surface area contributed by atoms with Crippen LogP contribution in [0, 0.1) is 11.3 Å². The SMILES string of the molecule is COC(=O)Nc1ccc2c(c1)N[C@@H](C(=O)OCCS(C)(=O)=O)CCCC[C@H](NC(=O)/C=C/c1cc(Cl)ccc1-n1cnnn1)c1nc-2c(C#N)[nH]1. The number of carbonyl (C=O) groups excluding carboxylic acids is 3. The first-order chi connectivity index (χ1) is 24.4. The maximum atomic E-state index is 13.3. The first-order valence-electron chi connectivity index (χ1n) is 15.6. The monoisotopic (exact) mass is 736 g/mol. The van der Waals surface area contributed by atoms with Gasteiger partial charge < -0.3 is 25.1 Å². The van der Waals surface area contributed by atoms with E-state index in [1.807, 2.05) is 0 Å². The summed E-state index contributed by atoms with van der Waals surface area (Å²) in [5, 5.41) is 30.5. The third-order valence-electron chi connectivity index (χ3n) is 7.73. The van der Waals surface area contributed by atoms with Gasteiger partial charge in [0.15, 0.2) is 9.84 Å². The fourth-order valence-corrected chi connectivity index (χ4v) is 5.85. The number of hydrogen-bond donors (Lipinski definition) is 4. The van der Waals surface area contributed by atoms with Crippen LogP contribution in [0.3, 0.4) is 0 Å². The lowest BCUT2D eigenvalue weighted by molar-refractivity contribution is -0.144. The number of hydrogen-bond acceptors (Lipinski definition) is 13. The van der Waals surface area contributed by atoms with Crippen LogP contribution in [0.15, 0.2) is 48.8 Å². The Morgan fingerprint density at radius 1 is 1.18 bits per heavy atom. The number of carbonyl (C=O) groups is 3. The molecule has 3 heterocycles. The van der Waals surface area contributed by atoms with Crippen LogP contribution in [-0.2, 0) is 28.9 Å². The summed E-state index contributed by atoms with van der Waals surface area (Å²) in [6, 6.07) is 10.3. The molecule has 0 fully saturated rings. The number of H-pyrrole nitrogens is 1. The molecule has 5 rings (SSSR count). The summed E-state index contributed by atoms with van der Waals surface area (Å²) in [5.41, 5.74) is 2.54. The molecule has 0 saturated carbocycles. The number of tetrazole rings is 1. The van der Waals surface area contributed by atoms with E-state index in [4.69, 9.17) is 26.1 Å². The van der Waals surface area contributed by atoms with Crippen LogP contribution < -0.4 is 16.0 Å². The first kappa shape index (κ1) is 36.5. The van der Waals surface area contributed by atoms with Gasteiger partial charge in [-0.25, -0.2) is 23.0 Å². The van der Waals surface area contributed by atoms with E-state index in [9.17, 15) is 28.1 Å². The zero-order chi connectivity index (χ0) is 36.5. The molecule has 0 aliphatic carbocycles. The number of benzene rings is 2. The van der Waals surface area contributed by atoms with Crippen molar-refractivity contribution >= 4 is 56.9 Å². The van der Waals surface area contributed by atoms with Gasteiger partial charge in [0.05, 0.1) is 24.6 Å². The zero-order valence-electron chi connectivity index (χ0n) is 27.4. The number of rotatable bonds is 9. The molecule has 4 N–H and O–H groups in total. The van der Waals surface area contributed by atoms with E-state index in [0.29, 0.717) is 58.3 Å². The maximum absolute atomic E-state index is 13.3. The van der Waals surface area contributed by atoms with Crippen molar-refractivity contribution in [1.29, 1.82) is 5.26 Å². The maximum Gasteiger partial charge on any atom is 0.411 e. The van der Waals surface area contributed by atoms with Crippen LogP contribution >= 0.6 is 11.6 Å². The summed E-state index contributed by atoms with van der Waals surface area (Å²) < 4.78 is 34.7. The number of aromatic amines is 1. The number of sulfone groups is 1. The van der Waals surface area contributed by atoms with Crippen molar-refractivity contribution in [3.05, 3.63) is 70.9 Å². The number of aromatic nitrogens is 6. The number of ether oxygens (including phenoxy) is 2. The zero-order valence-corrected chi connectivity index (χ0v) is 29.0. The average Bonchev–Trinajstić information content (AvgIpc) is 3.78. The third-order valence-corrected chi connectivity index (χ3v) is 8.88. The lowest BCUT2D eigenvalue weighted by atomic mass is 10.0. The molecule has 51 heavy (non-hydrogen) atoms. The van der Waals surface area contributed by atoms with Crippen LogP contribution in [0.5, 0.6) is 0 Å². The molecule has 1 aliphatic rings. The van der Waals surface area contributed by atoms with Crippen LogP contribution in [0.25, 0.3) is 23.0 Å². The van der Waals surface area contributed by atoms with E-state index < -0.39 is 39.9 Å². The molecule has 2 bridgehead atoms. The minimum atomic E-state index is -3.38. The topological polar surface area (TPSA) is 236 Å². The molecule has 2 amide bonds. The van der Waals surface area contributed by atoms with E-state index in [-0.39, 0.29) is 30.2 Å². The molecule has 266 valence electrons. The lowest BCUT2D eigenvalue weighted by Crippen LogP contribution is -2.33. The molecular weight excluding hydrogens is 704 g/mol. The van der Waals surface area contributed by atoms with Gasteiger partial charge in [-0.3, -0.25) is 10.1 Å². The van der Waals surface area contributed by atoms with Crippen LogP contribution in [0.4, 0.5) is 16.2 Å². The fraction of sp³-hybridized carbons (Fsp3) is 0.312. The Labute approximate surface area is 297 Å². The number of nitriles is 1. The summed E-state index contributed by atoms with van der Waals surface area (Å²) in [6.07, 6.45) is 6.28. The standard InChI is InChI=1S/C32H33ClN10O7S/c1-49-32(46)36-21-9-10-22-25(16-21)37-24(31(45)50-13-14-51(2,47)48)6-4-3-5-23(30-39-26(17-34)29(22)40-30)38-28(44)12-7-19-15-20(33)8-11-27(19)43-18-35-41-42-43/h7-12,15-16,18,23-24,37H,3-6,13-14H2,1-2H3,(H,36,46)(H,38,44)(H,39,40)/b12-7+/t23-,24+/m0/s1. The number of nitrogens with zero attached hydrogens (tertiary/aromatic N) is 6. The van der Waals surface area contributed by atoms with Crippen molar-refractivity contribution in [3.63, 3.8) is 0 Å². The lowest BCUT2D eigenvalue weighted by Gasteiger charge is -2.22. The minimum absolute atomic E-state index is 0.0908. The second kappa shape index (κ2) is 16.3. The van der Waals surface area contributed by atoms with E-state index in [1.54, 1.807) is 42.5 Å². The van der Waals surface area contributed by atoms with Gasteiger partial charge in [-0.15, -0.1) is 5.10 Å². The highest BCUT2D eigenvalue weighted by Gasteiger charge is 2.27. The number of esters is 1. The Morgan fingerprint density at radius 3 is 2.71 bits per heavy atom. The predicted octanol–water partition coefficient (Wildman–Crippen LogP) is 3.57. The van der Waals surface area contributed by atoms with Crippen molar-refractivity contribution in [2.24, 2.45) is 0 Å². The van der Waals surface area contributed by atoms with Gasteiger partial charge in [-0.05, 0) is 65.7 Å². The number of methoxy groups -OCH3 is 1. The number of amides is 2. The molecule has 0 radical (unpaired) electrons. The Balaban J connectivity index is 1.46. The Bertz CT molecular complexity index is 2090. The van der Waals surface area contributed by atoms with Crippen molar-refractivity contribution < 1.29 is 32.3 Å². The molecule has 4 aromatic rings. The van der Waals surface area contributed by atoms with Gasteiger partial charge >= 0.3 is 12.1 Å². The number of fused-ring (bicyclic) bond motifs is 4. The summed E-state index contributed by atoms with van der Waals surface area (Å²) >= 11 is 6.22. The normalized spacial score (nSPS) is 16.0. The Hall–Kier alpha value is -5.80. The largest absolute Gasteiger partial charge is 0.463 e. The van der Waals surface area contributed by atoms with Gasteiger partial charge in [0.2, 0.25) is 5.91 Å². The van der Waals surface area contributed by atoms with Gasteiger partial charge in [0, 0.05) is 39.9 Å². The predicted molar refractivity (Wildman–Crippen MR) is 185 cm³/mol. The van der Waals surface area contributed by atoms with E-state index in [0.717, 1.165) is 6.26 Å². The molecule has 19 heteroatoms. The highest BCUT2D eigenvalue weighted by atomic mass is 35.5. The van der Waals surface area contributed by atoms with Crippen LogP contribution in [0.1, 0.15) is 48.8 Å². The molecule has 2 aromatic carbocycles. The number of halogens is 1. The Morgan fingerprint density at radius 2 is 1.98 bits per heavy atom. The molecule has 0 spiro atoms. The number of nitrogens with one attached hydrogen (secondary N) is 4.